The van der Waals surface area contributed by atoms with E-state index in [0.717, 1.165) is 30.5 Å². The van der Waals surface area contributed by atoms with Crippen molar-refractivity contribution < 1.29 is 4.79 Å². The minimum absolute atomic E-state index is 0. The molecular formula is C13H23ClN4O. The molecule has 1 aliphatic carbocycles. The second-order valence-electron chi connectivity index (χ2n) is 5.24. The van der Waals surface area contributed by atoms with E-state index in [-0.39, 0.29) is 36.3 Å². The van der Waals surface area contributed by atoms with Crippen LogP contribution in [0.4, 0.5) is 0 Å². The number of hydrogen-bond donors (Lipinski definition) is 2. The summed E-state index contributed by atoms with van der Waals surface area (Å²) in [6.07, 6.45) is 4.73. The van der Waals surface area contributed by atoms with Gasteiger partial charge in [0.25, 0.3) is 0 Å². The first kappa shape index (κ1) is 16.0. The van der Waals surface area contributed by atoms with Gasteiger partial charge in [0.2, 0.25) is 5.91 Å². The molecule has 0 bridgehead atoms. The van der Waals surface area contributed by atoms with Crippen LogP contribution in [0.15, 0.2) is 6.20 Å². The van der Waals surface area contributed by atoms with Crippen molar-refractivity contribution in [1.82, 2.24) is 15.1 Å². The third kappa shape index (κ3) is 3.28. The summed E-state index contributed by atoms with van der Waals surface area (Å²) in [5, 5.41) is 7.25. The second kappa shape index (κ2) is 6.39. The third-order valence-corrected chi connectivity index (χ3v) is 4.00. The fourth-order valence-corrected chi connectivity index (χ4v) is 2.65. The Kier molecular flexibility index (Phi) is 5.38. The number of nitrogens with two attached hydrogens (primary N) is 1. The van der Waals surface area contributed by atoms with Gasteiger partial charge in [0.1, 0.15) is 0 Å². The zero-order chi connectivity index (χ0) is 13.3. The normalized spacial score (nSPS) is 23.8. The zero-order valence-corrected chi connectivity index (χ0v) is 12.5. The molecule has 1 fully saturated rings. The van der Waals surface area contributed by atoms with Gasteiger partial charge in [-0.05, 0) is 26.7 Å². The molecule has 1 heterocycles. The Morgan fingerprint density at radius 2 is 2.26 bits per heavy atom. The van der Waals surface area contributed by atoms with Crippen LogP contribution in [0.25, 0.3) is 0 Å². The predicted molar refractivity (Wildman–Crippen MR) is 77.1 cm³/mol. The number of nitrogens with zero attached hydrogens (tertiary/aromatic N) is 2. The van der Waals surface area contributed by atoms with E-state index in [1.807, 2.05) is 31.8 Å². The molecule has 19 heavy (non-hydrogen) atoms. The first-order valence-electron chi connectivity index (χ1n) is 6.55. The van der Waals surface area contributed by atoms with Crippen LogP contribution >= 0.6 is 12.4 Å². The molecule has 0 radical (unpaired) electrons. The van der Waals surface area contributed by atoms with Gasteiger partial charge >= 0.3 is 0 Å². The number of halogens is 1. The Morgan fingerprint density at radius 1 is 1.58 bits per heavy atom. The quantitative estimate of drug-likeness (QED) is 0.883. The molecule has 3 N–H and O–H groups in total. The summed E-state index contributed by atoms with van der Waals surface area (Å²) in [6, 6.07) is 0.00574. The summed E-state index contributed by atoms with van der Waals surface area (Å²) in [4.78, 5) is 12.1. The van der Waals surface area contributed by atoms with Crippen molar-refractivity contribution in [2.45, 2.75) is 45.2 Å². The molecule has 6 heteroatoms. The standard InChI is InChI=1S/C13H22N4O.ClH/c1-8(11-7-15-17(3)9(11)2)16-13(18)10-5-4-6-12(10)14;/h7-8,10,12H,4-6,14H2,1-3H3,(H,16,18);1H. The predicted octanol–water partition coefficient (Wildman–Crippen LogP) is 1.45. The molecule has 108 valence electrons. The number of rotatable bonds is 3. The summed E-state index contributed by atoms with van der Waals surface area (Å²) in [6.45, 7) is 3.99. The molecule has 1 aliphatic rings. The van der Waals surface area contributed by atoms with Gasteiger partial charge < -0.3 is 11.1 Å². The molecule has 0 aromatic carbocycles. The van der Waals surface area contributed by atoms with Gasteiger partial charge in [0.15, 0.2) is 0 Å². The maximum absolute atomic E-state index is 12.1. The number of nitrogens with one attached hydrogen (secondary N) is 1. The molecule has 0 aliphatic heterocycles. The lowest BCUT2D eigenvalue weighted by atomic mass is 10.0. The zero-order valence-electron chi connectivity index (χ0n) is 11.7. The van der Waals surface area contributed by atoms with Crippen LogP contribution < -0.4 is 11.1 Å². The molecule has 2 rings (SSSR count). The van der Waals surface area contributed by atoms with Crippen molar-refractivity contribution in [2.75, 3.05) is 0 Å². The summed E-state index contributed by atoms with van der Waals surface area (Å²) in [5.41, 5.74) is 8.10. The van der Waals surface area contributed by atoms with Gasteiger partial charge in [0.05, 0.1) is 18.2 Å². The molecule has 0 saturated heterocycles. The number of aryl methyl sites for hydroxylation is 1. The van der Waals surface area contributed by atoms with Crippen LogP contribution in [0, 0.1) is 12.8 Å². The van der Waals surface area contributed by atoms with E-state index in [9.17, 15) is 4.79 Å². The highest BCUT2D eigenvalue weighted by molar-refractivity contribution is 5.85. The van der Waals surface area contributed by atoms with E-state index < -0.39 is 0 Å². The minimum Gasteiger partial charge on any atom is -0.349 e. The van der Waals surface area contributed by atoms with Crippen LogP contribution in [0.5, 0.6) is 0 Å². The van der Waals surface area contributed by atoms with Gasteiger partial charge in [-0.3, -0.25) is 9.48 Å². The maximum Gasteiger partial charge on any atom is 0.225 e. The number of aromatic nitrogens is 2. The van der Waals surface area contributed by atoms with Gasteiger partial charge in [-0.25, -0.2) is 0 Å². The number of hydrogen-bond acceptors (Lipinski definition) is 3. The average Bonchev–Trinajstić information content (AvgIpc) is 2.87. The van der Waals surface area contributed by atoms with E-state index in [0.29, 0.717) is 0 Å². The molecule has 0 spiro atoms. The lowest BCUT2D eigenvalue weighted by Crippen LogP contribution is -2.39. The smallest absolute Gasteiger partial charge is 0.225 e. The molecule has 1 saturated carbocycles. The lowest BCUT2D eigenvalue weighted by molar-refractivity contribution is -0.125. The lowest BCUT2D eigenvalue weighted by Gasteiger charge is -2.19. The van der Waals surface area contributed by atoms with E-state index in [2.05, 4.69) is 10.4 Å². The maximum atomic E-state index is 12.1. The summed E-state index contributed by atoms with van der Waals surface area (Å²) in [7, 11) is 1.90. The minimum atomic E-state index is -0.0237. The van der Waals surface area contributed by atoms with Gasteiger partial charge in [0, 0.05) is 24.3 Å². The largest absolute Gasteiger partial charge is 0.349 e. The Labute approximate surface area is 120 Å². The monoisotopic (exact) mass is 286 g/mol. The summed E-state index contributed by atoms with van der Waals surface area (Å²) in [5.74, 6) is 0.0557. The van der Waals surface area contributed by atoms with Crippen LogP contribution in [-0.4, -0.2) is 21.7 Å². The Balaban J connectivity index is 0.00000180. The highest BCUT2D eigenvalue weighted by Gasteiger charge is 2.31. The van der Waals surface area contributed by atoms with Crippen molar-refractivity contribution in [2.24, 2.45) is 18.7 Å². The summed E-state index contributed by atoms with van der Waals surface area (Å²) >= 11 is 0. The molecule has 1 amide bonds. The van der Waals surface area contributed by atoms with Gasteiger partial charge in [-0.1, -0.05) is 6.42 Å². The molecule has 1 aromatic rings. The first-order valence-corrected chi connectivity index (χ1v) is 6.55. The number of carbonyl (C=O) groups is 1. The van der Waals surface area contributed by atoms with Crippen LogP contribution in [-0.2, 0) is 11.8 Å². The molecule has 3 atom stereocenters. The fraction of sp³-hybridized carbons (Fsp3) is 0.692. The Hall–Kier alpha value is -1.07. The van der Waals surface area contributed by atoms with Gasteiger partial charge in [-0.15, -0.1) is 12.4 Å². The topological polar surface area (TPSA) is 72.9 Å². The Morgan fingerprint density at radius 3 is 2.74 bits per heavy atom. The second-order valence-corrected chi connectivity index (χ2v) is 5.24. The molecular weight excluding hydrogens is 264 g/mol. The number of amides is 1. The van der Waals surface area contributed by atoms with Crippen LogP contribution in [0.1, 0.15) is 43.5 Å². The van der Waals surface area contributed by atoms with Crippen molar-refractivity contribution in [1.29, 1.82) is 0 Å². The fourth-order valence-electron chi connectivity index (χ4n) is 2.65. The first-order chi connectivity index (χ1) is 8.50. The summed E-state index contributed by atoms with van der Waals surface area (Å²) < 4.78 is 1.82. The molecule has 1 aromatic heterocycles. The average molecular weight is 287 g/mol. The molecule has 3 unspecified atom stereocenters. The van der Waals surface area contributed by atoms with E-state index in [4.69, 9.17) is 5.73 Å². The third-order valence-electron chi connectivity index (χ3n) is 4.00. The van der Waals surface area contributed by atoms with E-state index in [1.165, 1.54) is 0 Å². The van der Waals surface area contributed by atoms with E-state index in [1.54, 1.807) is 0 Å². The highest BCUT2D eigenvalue weighted by Crippen LogP contribution is 2.25. The Bertz CT molecular complexity index is 446. The van der Waals surface area contributed by atoms with Crippen LogP contribution in [0.2, 0.25) is 0 Å². The number of carbonyl (C=O) groups excluding carboxylic acids is 1. The highest BCUT2D eigenvalue weighted by atomic mass is 35.5. The van der Waals surface area contributed by atoms with Gasteiger partial charge in [-0.2, -0.15) is 5.10 Å². The van der Waals surface area contributed by atoms with Crippen molar-refractivity contribution in [3.63, 3.8) is 0 Å². The van der Waals surface area contributed by atoms with E-state index >= 15 is 0 Å². The van der Waals surface area contributed by atoms with Crippen molar-refractivity contribution >= 4 is 18.3 Å². The van der Waals surface area contributed by atoms with Crippen LogP contribution in [0.3, 0.4) is 0 Å². The van der Waals surface area contributed by atoms with Crippen molar-refractivity contribution in [3.8, 4) is 0 Å². The van der Waals surface area contributed by atoms with Crippen molar-refractivity contribution in [3.05, 3.63) is 17.5 Å². The molecule has 5 nitrogen and oxygen atoms in total. The SMILES string of the molecule is Cc1c(C(C)NC(=O)C2CCCC2N)cnn1C.Cl.